The molecule has 0 unspecified atom stereocenters. The molecule has 0 radical (unpaired) electrons. The standard InChI is InChI=1S/C4H4N4O2/c5-6-7-8-3(9)1-2-4(8)10/h1-2H2. The fraction of sp³-hybridized carbons (Fsp3) is 0.500. The Morgan fingerprint density at radius 2 is 1.90 bits per heavy atom. The molecule has 6 heteroatoms. The van der Waals surface area contributed by atoms with Crippen LogP contribution in [0.3, 0.4) is 0 Å². The van der Waals surface area contributed by atoms with Crippen molar-refractivity contribution in [2.45, 2.75) is 12.8 Å². The first-order chi connectivity index (χ1) is 4.75. The van der Waals surface area contributed by atoms with Crippen molar-refractivity contribution in [2.75, 3.05) is 0 Å². The van der Waals surface area contributed by atoms with Crippen LogP contribution in [0.2, 0.25) is 0 Å². The third-order valence-electron chi connectivity index (χ3n) is 1.15. The van der Waals surface area contributed by atoms with Crippen molar-refractivity contribution in [1.29, 1.82) is 0 Å². The number of hydrogen-bond donors (Lipinski definition) is 0. The van der Waals surface area contributed by atoms with Gasteiger partial charge in [-0.15, -0.1) is 10.5 Å². The quantitative estimate of drug-likeness (QED) is 0.228. The van der Waals surface area contributed by atoms with Crippen LogP contribution < -0.4 is 0 Å². The maximum absolute atomic E-state index is 10.6. The van der Waals surface area contributed by atoms with Crippen LogP contribution in [-0.4, -0.2) is 16.8 Å². The molecule has 1 heterocycles. The van der Waals surface area contributed by atoms with E-state index < -0.39 is 11.8 Å². The summed E-state index contributed by atoms with van der Waals surface area (Å²) in [6.07, 6.45) is 0.301. The van der Waals surface area contributed by atoms with E-state index in [1.807, 2.05) is 0 Å². The van der Waals surface area contributed by atoms with Crippen LogP contribution in [0.4, 0.5) is 0 Å². The Hall–Kier alpha value is -1.55. The fourth-order valence-corrected chi connectivity index (χ4v) is 0.705. The molecule has 1 aliphatic rings. The minimum absolute atomic E-state index is 0.151. The molecule has 52 valence electrons. The van der Waals surface area contributed by atoms with Crippen molar-refractivity contribution < 1.29 is 9.59 Å². The summed E-state index contributed by atoms with van der Waals surface area (Å²) in [5.41, 5.74) is 7.87. The number of imide groups is 1. The lowest BCUT2D eigenvalue weighted by molar-refractivity contribution is -0.138. The summed E-state index contributed by atoms with van der Waals surface area (Å²) < 4.78 is 0. The smallest absolute Gasteiger partial charge is 0.246 e. The molecule has 0 aliphatic carbocycles. The number of nitrogens with zero attached hydrogens (tertiary/aromatic N) is 4. The molecule has 0 N–H and O–H groups in total. The van der Waals surface area contributed by atoms with E-state index in [9.17, 15) is 9.59 Å². The summed E-state index contributed by atoms with van der Waals surface area (Å²) in [6, 6.07) is 0. The molecule has 1 fully saturated rings. The predicted octanol–water partition coefficient (Wildman–Crippen LogP) is 0.361. The van der Waals surface area contributed by atoms with E-state index in [-0.39, 0.29) is 12.8 Å². The van der Waals surface area contributed by atoms with E-state index in [0.29, 0.717) is 5.01 Å². The second-order valence-corrected chi connectivity index (χ2v) is 1.78. The van der Waals surface area contributed by atoms with E-state index in [1.54, 1.807) is 0 Å². The van der Waals surface area contributed by atoms with Gasteiger partial charge in [0.1, 0.15) is 0 Å². The van der Waals surface area contributed by atoms with Gasteiger partial charge >= 0.3 is 11.8 Å². The number of carbonyl (C=O) groups excluding carboxylic acids is 2. The largest absolute Gasteiger partial charge is 0.320 e. The van der Waals surface area contributed by atoms with Crippen molar-refractivity contribution in [2.24, 2.45) is 5.22 Å². The average Bonchev–Trinajstić information content (AvgIpc) is 2.20. The van der Waals surface area contributed by atoms with E-state index in [0.717, 1.165) is 0 Å². The van der Waals surface area contributed by atoms with Crippen LogP contribution in [0.25, 0.3) is 10.4 Å². The summed E-state index contributed by atoms with van der Waals surface area (Å²) >= 11 is 0. The molecule has 6 nitrogen and oxygen atoms in total. The lowest BCUT2D eigenvalue weighted by atomic mass is 10.4. The van der Waals surface area contributed by atoms with Crippen molar-refractivity contribution in [3.05, 3.63) is 10.4 Å². The van der Waals surface area contributed by atoms with Gasteiger partial charge in [0, 0.05) is 0 Å². The highest BCUT2D eigenvalue weighted by molar-refractivity contribution is 6.01. The molecular weight excluding hydrogens is 136 g/mol. The van der Waals surface area contributed by atoms with Gasteiger partial charge in [0.2, 0.25) is 0 Å². The third kappa shape index (κ3) is 0.918. The third-order valence-corrected chi connectivity index (χ3v) is 1.15. The Morgan fingerprint density at radius 1 is 1.40 bits per heavy atom. The summed E-state index contributed by atoms with van der Waals surface area (Å²) in [4.78, 5) is 23.6. The zero-order chi connectivity index (χ0) is 7.56. The first-order valence-electron chi connectivity index (χ1n) is 2.66. The predicted molar refractivity (Wildman–Crippen MR) is 30.2 cm³/mol. The average molecular weight is 140 g/mol. The minimum Gasteiger partial charge on any atom is -0.246 e. The van der Waals surface area contributed by atoms with Gasteiger partial charge in [-0.2, -0.15) is 4.91 Å². The highest BCUT2D eigenvalue weighted by Crippen LogP contribution is 2.11. The summed E-state index contributed by atoms with van der Waals surface area (Å²) in [5, 5.41) is 3.46. The first kappa shape index (κ1) is 6.57. The lowest BCUT2D eigenvalue weighted by Crippen LogP contribution is -2.21. The Balaban J connectivity index is 2.81. The van der Waals surface area contributed by atoms with Gasteiger partial charge in [-0.1, -0.05) is 0 Å². The highest BCUT2D eigenvalue weighted by atomic mass is 16.2. The molecule has 1 rings (SSSR count). The second-order valence-electron chi connectivity index (χ2n) is 1.78. The SMILES string of the molecule is [N-]=[N+]=NN1C(=O)CCC1=O. The number of carbonyl (C=O) groups is 2. The van der Waals surface area contributed by atoms with E-state index in [4.69, 9.17) is 5.53 Å². The molecule has 10 heavy (non-hydrogen) atoms. The molecule has 0 aromatic carbocycles. The summed E-state index contributed by atoms with van der Waals surface area (Å²) in [6.45, 7) is 0. The molecule has 0 bridgehead atoms. The molecule has 0 aromatic rings. The second kappa shape index (κ2) is 2.36. The van der Waals surface area contributed by atoms with Crippen LogP contribution in [0.15, 0.2) is 5.22 Å². The van der Waals surface area contributed by atoms with E-state index in [2.05, 4.69) is 10.1 Å². The van der Waals surface area contributed by atoms with Gasteiger partial charge in [0.05, 0.1) is 12.8 Å². The Kier molecular flexibility index (Phi) is 1.55. The highest BCUT2D eigenvalue weighted by Gasteiger charge is 2.33. The van der Waals surface area contributed by atoms with Gasteiger partial charge in [-0.05, 0) is 5.22 Å². The van der Waals surface area contributed by atoms with Crippen LogP contribution in [0.1, 0.15) is 12.8 Å². The molecule has 2 amide bonds. The van der Waals surface area contributed by atoms with Crippen LogP contribution in [0.5, 0.6) is 0 Å². The van der Waals surface area contributed by atoms with E-state index in [1.165, 1.54) is 0 Å². The normalized spacial score (nSPS) is 17.4. The molecule has 1 aliphatic heterocycles. The van der Waals surface area contributed by atoms with Gasteiger partial charge in [-0.25, -0.2) is 9.59 Å². The van der Waals surface area contributed by atoms with Crippen LogP contribution in [-0.2, 0) is 9.59 Å². The fourth-order valence-electron chi connectivity index (χ4n) is 0.705. The van der Waals surface area contributed by atoms with E-state index >= 15 is 0 Å². The monoisotopic (exact) mass is 140 g/mol. The minimum atomic E-state index is -0.428. The topological polar surface area (TPSA) is 86.1 Å². The van der Waals surface area contributed by atoms with Gasteiger partial charge in [0.25, 0.3) is 0 Å². The molecule has 0 saturated carbocycles. The maximum Gasteiger partial charge on any atom is 0.320 e. The van der Waals surface area contributed by atoms with Crippen molar-refractivity contribution in [3.8, 4) is 0 Å². The number of amides is 2. The molecule has 0 aromatic heterocycles. The van der Waals surface area contributed by atoms with Gasteiger partial charge < -0.3 is 0 Å². The molecule has 0 spiro atoms. The van der Waals surface area contributed by atoms with Gasteiger partial charge in [-0.3, -0.25) is 0 Å². The summed E-state index contributed by atoms with van der Waals surface area (Å²) in [5.74, 6) is -0.856. The Labute approximate surface area is 56.0 Å². The van der Waals surface area contributed by atoms with Crippen molar-refractivity contribution >= 4 is 11.8 Å². The Morgan fingerprint density at radius 3 is 2.30 bits per heavy atom. The van der Waals surface area contributed by atoms with Gasteiger partial charge in [0.15, 0.2) is 0 Å². The molecular formula is C4H4N4O2. The molecule has 1 saturated heterocycles. The Bertz CT molecular complexity index is 213. The zero-order valence-corrected chi connectivity index (χ0v) is 5.02. The van der Waals surface area contributed by atoms with Crippen LogP contribution >= 0.6 is 0 Å². The number of hydrogen-bond acceptors (Lipinski definition) is 3. The van der Waals surface area contributed by atoms with Crippen molar-refractivity contribution in [3.63, 3.8) is 0 Å². The van der Waals surface area contributed by atoms with Crippen molar-refractivity contribution in [1.82, 2.24) is 5.01 Å². The number of rotatable bonds is 1. The lowest BCUT2D eigenvalue weighted by Gasteiger charge is -1.95. The zero-order valence-electron chi connectivity index (χ0n) is 5.02. The summed E-state index contributed by atoms with van der Waals surface area (Å²) in [7, 11) is 0. The number of azide groups is 1. The maximum atomic E-state index is 10.6. The van der Waals surface area contributed by atoms with Crippen LogP contribution in [0, 0.1) is 0 Å². The molecule has 0 atom stereocenters. The first-order valence-corrected chi connectivity index (χ1v) is 2.66.